The third-order valence-corrected chi connectivity index (χ3v) is 4.73. The van der Waals surface area contributed by atoms with E-state index in [1.165, 1.54) is 4.70 Å². The van der Waals surface area contributed by atoms with Gasteiger partial charge in [0.25, 0.3) is 0 Å². The first-order valence-corrected chi connectivity index (χ1v) is 8.56. The number of carbonyl (C=O) groups is 1. The largest absolute Gasteiger partial charge is 0.461 e. The van der Waals surface area contributed by atoms with E-state index in [2.05, 4.69) is 17.1 Å². The monoisotopic (exact) mass is 336 g/mol. The van der Waals surface area contributed by atoms with E-state index in [-0.39, 0.29) is 12.6 Å². The van der Waals surface area contributed by atoms with Crippen molar-refractivity contribution < 1.29 is 9.53 Å². The number of benzene rings is 2. The molecule has 1 heterocycles. The van der Waals surface area contributed by atoms with Gasteiger partial charge in [0.05, 0.1) is 26.9 Å². The molecule has 0 atom stereocenters. The van der Waals surface area contributed by atoms with E-state index >= 15 is 0 Å². The van der Waals surface area contributed by atoms with E-state index in [9.17, 15) is 4.79 Å². The van der Waals surface area contributed by atoms with Crippen LogP contribution < -0.4 is 0 Å². The minimum absolute atomic E-state index is 0.143. The van der Waals surface area contributed by atoms with E-state index in [0.29, 0.717) is 18.4 Å². The summed E-state index contributed by atoms with van der Waals surface area (Å²) in [6.07, 6.45) is 1.83. The van der Waals surface area contributed by atoms with E-state index in [0.717, 1.165) is 22.5 Å². The lowest BCUT2D eigenvalue weighted by Gasteiger charge is -2.06. The summed E-state index contributed by atoms with van der Waals surface area (Å²) in [7, 11) is 0. The average molecular weight is 336 g/mol. The molecule has 24 heavy (non-hydrogen) atoms. The van der Waals surface area contributed by atoms with Gasteiger partial charge in [-0.05, 0) is 31.0 Å². The number of hydrogen-bond acceptors (Lipinski definition) is 5. The van der Waals surface area contributed by atoms with E-state index in [1.54, 1.807) is 29.5 Å². The van der Waals surface area contributed by atoms with Crippen LogP contribution in [0.15, 0.2) is 48.5 Å². The molecule has 0 saturated carbocycles. The fraction of sp³-hybridized carbons (Fsp3) is 0.211. The van der Waals surface area contributed by atoms with Crippen LogP contribution in [-0.4, -0.2) is 11.0 Å². The fourth-order valence-corrected chi connectivity index (χ4v) is 3.41. The summed E-state index contributed by atoms with van der Waals surface area (Å²) in [6.45, 7) is 0.143. The summed E-state index contributed by atoms with van der Waals surface area (Å²) in [5.41, 5.74) is 2.28. The highest BCUT2D eigenvalue weighted by Crippen LogP contribution is 2.22. The Kier molecular flexibility index (Phi) is 5.19. The molecular formula is C19H16N2O2S. The molecule has 0 radical (unpaired) electrons. The Balaban J connectivity index is 1.46. The van der Waals surface area contributed by atoms with Crippen molar-refractivity contribution in [3.8, 4) is 6.07 Å². The van der Waals surface area contributed by atoms with Crippen molar-refractivity contribution in [2.75, 3.05) is 0 Å². The highest BCUT2D eigenvalue weighted by Gasteiger charge is 2.08. The molecule has 3 rings (SSSR count). The Morgan fingerprint density at radius 2 is 1.96 bits per heavy atom. The predicted octanol–water partition coefficient (Wildman–Crippen LogP) is 4.23. The lowest BCUT2D eigenvalue weighted by Crippen LogP contribution is -2.05. The topological polar surface area (TPSA) is 63.0 Å². The molecule has 2 aromatic carbocycles. The SMILES string of the molecule is N#Cc1ccccc1COC(=O)CCCc1nc2ccccc2s1. The van der Waals surface area contributed by atoms with Crippen molar-refractivity contribution in [1.29, 1.82) is 5.26 Å². The molecule has 0 bridgehead atoms. The van der Waals surface area contributed by atoms with Crippen molar-refractivity contribution in [1.82, 2.24) is 4.98 Å². The molecule has 0 N–H and O–H groups in total. The Bertz CT molecular complexity index is 863. The summed E-state index contributed by atoms with van der Waals surface area (Å²) in [4.78, 5) is 16.4. The van der Waals surface area contributed by atoms with Crippen LogP contribution in [0.1, 0.15) is 29.0 Å². The highest BCUT2D eigenvalue weighted by molar-refractivity contribution is 7.18. The molecule has 5 heteroatoms. The maximum absolute atomic E-state index is 11.9. The van der Waals surface area contributed by atoms with Crippen LogP contribution in [0.2, 0.25) is 0 Å². The number of aromatic nitrogens is 1. The quantitative estimate of drug-likeness (QED) is 0.632. The van der Waals surface area contributed by atoms with Crippen LogP contribution in [0.4, 0.5) is 0 Å². The number of carbonyl (C=O) groups excluding carboxylic acids is 1. The number of nitriles is 1. The van der Waals surface area contributed by atoms with E-state index in [4.69, 9.17) is 10.00 Å². The molecule has 0 fully saturated rings. The second kappa shape index (κ2) is 7.71. The third-order valence-electron chi connectivity index (χ3n) is 3.64. The molecule has 0 saturated heterocycles. The number of aryl methyl sites for hydroxylation is 1. The Hall–Kier alpha value is -2.71. The molecule has 3 aromatic rings. The van der Waals surface area contributed by atoms with Gasteiger partial charge in [0.15, 0.2) is 0 Å². The molecule has 0 spiro atoms. The van der Waals surface area contributed by atoms with Crippen LogP contribution in [-0.2, 0) is 22.6 Å². The van der Waals surface area contributed by atoms with Gasteiger partial charge in [-0.15, -0.1) is 11.3 Å². The van der Waals surface area contributed by atoms with Gasteiger partial charge in [0, 0.05) is 12.0 Å². The second-order valence-corrected chi connectivity index (χ2v) is 6.47. The van der Waals surface area contributed by atoms with Crippen molar-refractivity contribution in [2.24, 2.45) is 0 Å². The number of hydrogen-bond donors (Lipinski definition) is 0. The Morgan fingerprint density at radius 3 is 2.79 bits per heavy atom. The molecule has 0 unspecified atom stereocenters. The number of rotatable bonds is 6. The van der Waals surface area contributed by atoms with Gasteiger partial charge in [0.2, 0.25) is 0 Å². The second-order valence-electron chi connectivity index (χ2n) is 5.36. The van der Waals surface area contributed by atoms with Crippen LogP contribution in [0, 0.1) is 11.3 Å². The number of thiazole rings is 1. The van der Waals surface area contributed by atoms with Crippen molar-refractivity contribution in [2.45, 2.75) is 25.9 Å². The van der Waals surface area contributed by atoms with Crippen LogP contribution in [0.3, 0.4) is 0 Å². The third kappa shape index (κ3) is 3.98. The average Bonchev–Trinajstić information content (AvgIpc) is 3.03. The molecule has 0 aliphatic rings. The van der Waals surface area contributed by atoms with E-state index in [1.807, 2.05) is 24.3 Å². The van der Waals surface area contributed by atoms with Gasteiger partial charge in [-0.2, -0.15) is 5.26 Å². The number of nitrogens with zero attached hydrogens (tertiary/aromatic N) is 2. The predicted molar refractivity (Wildman–Crippen MR) is 93.5 cm³/mol. The number of fused-ring (bicyclic) bond motifs is 1. The van der Waals surface area contributed by atoms with Crippen molar-refractivity contribution in [3.05, 3.63) is 64.7 Å². The standard InChI is InChI=1S/C19H16N2O2S/c20-12-14-6-1-2-7-15(14)13-23-19(22)11-5-10-18-21-16-8-3-4-9-17(16)24-18/h1-4,6-9H,5,10-11,13H2. The molecule has 0 amide bonds. The maximum atomic E-state index is 11.9. The minimum atomic E-state index is -0.246. The Labute approximate surface area is 144 Å². The van der Waals surface area contributed by atoms with Gasteiger partial charge >= 0.3 is 5.97 Å². The van der Waals surface area contributed by atoms with Gasteiger partial charge in [-0.1, -0.05) is 30.3 Å². The lowest BCUT2D eigenvalue weighted by molar-refractivity contribution is -0.145. The smallest absolute Gasteiger partial charge is 0.306 e. The summed E-state index contributed by atoms with van der Waals surface area (Å²) in [5.74, 6) is -0.246. The summed E-state index contributed by atoms with van der Waals surface area (Å²) < 4.78 is 6.43. The number of para-hydroxylation sites is 1. The first-order chi connectivity index (χ1) is 11.8. The van der Waals surface area contributed by atoms with Crippen molar-refractivity contribution >= 4 is 27.5 Å². The van der Waals surface area contributed by atoms with Gasteiger partial charge in [-0.25, -0.2) is 4.98 Å². The van der Waals surface area contributed by atoms with Crippen LogP contribution in [0.25, 0.3) is 10.2 Å². The fourth-order valence-electron chi connectivity index (χ4n) is 2.40. The Morgan fingerprint density at radius 1 is 1.17 bits per heavy atom. The van der Waals surface area contributed by atoms with Gasteiger partial charge in [-0.3, -0.25) is 4.79 Å². The number of esters is 1. The molecule has 120 valence electrons. The zero-order valence-electron chi connectivity index (χ0n) is 13.1. The van der Waals surface area contributed by atoms with Crippen LogP contribution in [0.5, 0.6) is 0 Å². The molecule has 0 aliphatic heterocycles. The summed E-state index contributed by atoms with van der Waals surface area (Å²) >= 11 is 1.66. The normalized spacial score (nSPS) is 10.5. The zero-order chi connectivity index (χ0) is 16.8. The maximum Gasteiger partial charge on any atom is 0.306 e. The van der Waals surface area contributed by atoms with Crippen molar-refractivity contribution in [3.63, 3.8) is 0 Å². The molecule has 0 aliphatic carbocycles. The summed E-state index contributed by atoms with van der Waals surface area (Å²) in [6, 6.07) is 17.3. The number of ether oxygens (including phenoxy) is 1. The van der Waals surface area contributed by atoms with Crippen LogP contribution >= 0.6 is 11.3 Å². The highest BCUT2D eigenvalue weighted by atomic mass is 32.1. The summed E-state index contributed by atoms with van der Waals surface area (Å²) in [5, 5.41) is 10.1. The lowest BCUT2D eigenvalue weighted by atomic mass is 10.1. The van der Waals surface area contributed by atoms with E-state index < -0.39 is 0 Å². The molecule has 1 aromatic heterocycles. The first-order valence-electron chi connectivity index (χ1n) is 7.74. The molecular weight excluding hydrogens is 320 g/mol. The zero-order valence-corrected chi connectivity index (χ0v) is 13.9. The van der Waals surface area contributed by atoms with Gasteiger partial charge < -0.3 is 4.74 Å². The van der Waals surface area contributed by atoms with Gasteiger partial charge in [0.1, 0.15) is 6.61 Å². The minimum Gasteiger partial charge on any atom is -0.461 e. The molecule has 4 nitrogen and oxygen atoms in total. The first kappa shape index (κ1) is 16.2.